The molecule has 2 amide bonds. The molecular weight excluding hydrogens is 392 g/mol. The highest BCUT2D eigenvalue weighted by atomic mass is 35.5. The van der Waals surface area contributed by atoms with E-state index in [1.165, 1.54) is 0 Å². The number of benzene rings is 2. The molecule has 0 bridgehead atoms. The zero-order valence-corrected chi connectivity index (χ0v) is 18.0. The Hall–Kier alpha value is -2.73. The molecule has 29 heavy (non-hydrogen) atoms. The number of ether oxygens (including phenoxy) is 2. The molecule has 0 radical (unpaired) electrons. The van der Waals surface area contributed by atoms with Crippen molar-refractivity contribution >= 4 is 23.4 Å². The maximum absolute atomic E-state index is 13.0. The van der Waals surface area contributed by atoms with Crippen LogP contribution in [-0.4, -0.2) is 44.0 Å². The fraction of sp³-hybridized carbons (Fsp3) is 0.364. The minimum Gasteiger partial charge on any atom is -0.493 e. The first-order valence-corrected chi connectivity index (χ1v) is 9.73. The fourth-order valence-electron chi connectivity index (χ4n) is 3.01. The van der Waals surface area contributed by atoms with Crippen molar-refractivity contribution in [3.05, 3.63) is 58.6 Å². The Morgan fingerprint density at radius 2 is 1.66 bits per heavy atom. The average Bonchev–Trinajstić information content (AvgIpc) is 2.75. The van der Waals surface area contributed by atoms with E-state index >= 15 is 0 Å². The van der Waals surface area contributed by atoms with Crippen LogP contribution in [-0.2, 0) is 22.6 Å². The van der Waals surface area contributed by atoms with Crippen molar-refractivity contribution < 1.29 is 19.1 Å². The van der Waals surface area contributed by atoms with Crippen molar-refractivity contribution in [3.63, 3.8) is 0 Å². The Labute approximate surface area is 176 Å². The standard InChI is InChI=1S/C22H27ClN2O4/c1-15(22(27)24-2)25(14-17-5-9-18(23)10-6-17)21(26)12-8-16-7-11-19(28-3)20(13-16)29-4/h5-7,9-11,13,15H,8,12,14H2,1-4H3,(H,24,27). The molecule has 6 nitrogen and oxygen atoms in total. The lowest BCUT2D eigenvalue weighted by atomic mass is 10.1. The van der Waals surface area contributed by atoms with Gasteiger partial charge in [-0.3, -0.25) is 9.59 Å². The second kappa shape index (κ2) is 10.7. The lowest BCUT2D eigenvalue weighted by molar-refractivity contribution is -0.140. The predicted octanol–water partition coefficient (Wildman–Crippen LogP) is 3.45. The van der Waals surface area contributed by atoms with E-state index < -0.39 is 6.04 Å². The van der Waals surface area contributed by atoms with E-state index in [4.69, 9.17) is 21.1 Å². The summed E-state index contributed by atoms with van der Waals surface area (Å²) < 4.78 is 10.6. The molecule has 0 spiro atoms. The number of likely N-dealkylation sites (N-methyl/N-ethyl adjacent to an activating group) is 1. The van der Waals surface area contributed by atoms with Gasteiger partial charge in [0.2, 0.25) is 11.8 Å². The highest BCUT2D eigenvalue weighted by Gasteiger charge is 2.25. The van der Waals surface area contributed by atoms with Crippen LogP contribution in [0.4, 0.5) is 0 Å². The summed E-state index contributed by atoms with van der Waals surface area (Å²) in [7, 11) is 4.72. The van der Waals surface area contributed by atoms with Crippen LogP contribution in [0.3, 0.4) is 0 Å². The molecule has 1 unspecified atom stereocenters. The third-order valence-electron chi connectivity index (χ3n) is 4.76. The molecule has 0 aromatic heterocycles. The van der Waals surface area contributed by atoms with Gasteiger partial charge in [0.05, 0.1) is 14.2 Å². The number of carbonyl (C=O) groups excluding carboxylic acids is 2. The number of amides is 2. The van der Waals surface area contributed by atoms with Crippen LogP contribution in [0.1, 0.15) is 24.5 Å². The van der Waals surface area contributed by atoms with Crippen molar-refractivity contribution in [2.75, 3.05) is 21.3 Å². The Balaban J connectivity index is 2.14. The zero-order chi connectivity index (χ0) is 21.4. The molecule has 156 valence electrons. The van der Waals surface area contributed by atoms with Crippen molar-refractivity contribution in [1.82, 2.24) is 10.2 Å². The van der Waals surface area contributed by atoms with Gasteiger partial charge in [0.25, 0.3) is 0 Å². The minimum atomic E-state index is -0.589. The van der Waals surface area contributed by atoms with E-state index in [0.717, 1.165) is 11.1 Å². The Bertz CT molecular complexity index is 839. The molecule has 1 N–H and O–H groups in total. The Kier molecular flexibility index (Phi) is 8.34. The number of nitrogens with one attached hydrogen (secondary N) is 1. The molecular formula is C22H27ClN2O4. The van der Waals surface area contributed by atoms with Crippen LogP contribution < -0.4 is 14.8 Å². The smallest absolute Gasteiger partial charge is 0.242 e. The molecule has 0 heterocycles. The van der Waals surface area contributed by atoms with Crippen molar-refractivity contribution in [2.45, 2.75) is 32.4 Å². The van der Waals surface area contributed by atoms with Gasteiger partial charge in [-0.05, 0) is 48.7 Å². The average molecular weight is 419 g/mol. The van der Waals surface area contributed by atoms with Crippen LogP contribution in [0.2, 0.25) is 5.02 Å². The quantitative estimate of drug-likeness (QED) is 0.677. The van der Waals surface area contributed by atoms with Gasteiger partial charge in [0.1, 0.15) is 6.04 Å². The molecule has 0 saturated carbocycles. The van der Waals surface area contributed by atoms with Gasteiger partial charge >= 0.3 is 0 Å². The summed E-state index contributed by atoms with van der Waals surface area (Å²) in [6, 6.07) is 12.2. The molecule has 7 heteroatoms. The highest BCUT2D eigenvalue weighted by Crippen LogP contribution is 2.28. The second-order valence-corrected chi connectivity index (χ2v) is 7.06. The summed E-state index contributed by atoms with van der Waals surface area (Å²) >= 11 is 5.95. The van der Waals surface area contributed by atoms with E-state index in [2.05, 4.69) is 5.32 Å². The first-order chi connectivity index (χ1) is 13.9. The van der Waals surface area contributed by atoms with Crippen LogP contribution in [0.25, 0.3) is 0 Å². The monoisotopic (exact) mass is 418 g/mol. The van der Waals surface area contributed by atoms with Crippen LogP contribution in [0.5, 0.6) is 11.5 Å². The Morgan fingerprint density at radius 1 is 1.03 bits per heavy atom. The molecule has 2 aromatic carbocycles. The second-order valence-electron chi connectivity index (χ2n) is 6.63. The van der Waals surface area contributed by atoms with Gasteiger partial charge < -0.3 is 19.7 Å². The van der Waals surface area contributed by atoms with Crippen molar-refractivity contribution in [1.29, 1.82) is 0 Å². The first-order valence-electron chi connectivity index (χ1n) is 9.36. The van der Waals surface area contributed by atoms with E-state index in [0.29, 0.717) is 29.5 Å². The number of carbonyl (C=O) groups is 2. The van der Waals surface area contributed by atoms with Crippen molar-refractivity contribution in [3.8, 4) is 11.5 Å². The fourth-order valence-corrected chi connectivity index (χ4v) is 3.14. The maximum Gasteiger partial charge on any atom is 0.242 e. The number of methoxy groups -OCH3 is 2. The lowest BCUT2D eigenvalue weighted by Gasteiger charge is -2.28. The van der Waals surface area contributed by atoms with Gasteiger partial charge in [-0.25, -0.2) is 0 Å². The van der Waals surface area contributed by atoms with Gasteiger partial charge in [0, 0.05) is 25.0 Å². The minimum absolute atomic E-state index is 0.106. The van der Waals surface area contributed by atoms with E-state index in [-0.39, 0.29) is 18.2 Å². The number of aryl methyl sites for hydroxylation is 1. The van der Waals surface area contributed by atoms with Crippen molar-refractivity contribution in [2.24, 2.45) is 0 Å². The number of nitrogens with zero attached hydrogens (tertiary/aromatic N) is 1. The summed E-state index contributed by atoms with van der Waals surface area (Å²) in [6.07, 6.45) is 0.793. The number of hydrogen-bond acceptors (Lipinski definition) is 4. The summed E-state index contributed by atoms with van der Waals surface area (Å²) in [6.45, 7) is 2.06. The van der Waals surface area contributed by atoms with E-state index in [1.54, 1.807) is 45.2 Å². The van der Waals surface area contributed by atoms with Crippen LogP contribution in [0.15, 0.2) is 42.5 Å². The number of hydrogen-bond donors (Lipinski definition) is 1. The third kappa shape index (κ3) is 6.12. The summed E-state index contributed by atoms with van der Waals surface area (Å²) in [5.74, 6) is 0.943. The molecule has 0 fully saturated rings. The molecule has 0 aliphatic rings. The molecule has 2 rings (SSSR count). The SMILES string of the molecule is CNC(=O)C(C)N(Cc1ccc(Cl)cc1)C(=O)CCc1ccc(OC)c(OC)c1. The molecule has 2 aromatic rings. The molecule has 0 aliphatic carbocycles. The summed E-state index contributed by atoms with van der Waals surface area (Å²) in [5.41, 5.74) is 1.86. The summed E-state index contributed by atoms with van der Waals surface area (Å²) in [5, 5.41) is 3.24. The van der Waals surface area contributed by atoms with E-state index in [1.807, 2.05) is 30.3 Å². The predicted molar refractivity (Wildman–Crippen MR) is 113 cm³/mol. The maximum atomic E-state index is 13.0. The van der Waals surface area contributed by atoms with E-state index in [9.17, 15) is 9.59 Å². The Morgan fingerprint density at radius 3 is 2.24 bits per heavy atom. The van der Waals surface area contributed by atoms with Crippen LogP contribution in [0, 0.1) is 0 Å². The van der Waals surface area contributed by atoms with Gasteiger partial charge in [0.15, 0.2) is 11.5 Å². The number of rotatable bonds is 9. The van der Waals surface area contributed by atoms with Gasteiger partial charge in [-0.2, -0.15) is 0 Å². The first kappa shape index (κ1) is 22.6. The topological polar surface area (TPSA) is 67.9 Å². The summed E-state index contributed by atoms with van der Waals surface area (Å²) in [4.78, 5) is 26.8. The molecule has 0 saturated heterocycles. The largest absolute Gasteiger partial charge is 0.493 e. The highest BCUT2D eigenvalue weighted by molar-refractivity contribution is 6.30. The zero-order valence-electron chi connectivity index (χ0n) is 17.2. The molecule has 1 atom stereocenters. The van der Waals surface area contributed by atoms with Gasteiger partial charge in [-0.15, -0.1) is 0 Å². The third-order valence-corrected chi connectivity index (χ3v) is 5.01. The van der Waals surface area contributed by atoms with Gasteiger partial charge in [-0.1, -0.05) is 29.8 Å². The lowest BCUT2D eigenvalue weighted by Crippen LogP contribution is -2.46. The molecule has 0 aliphatic heterocycles. The van der Waals surface area contributed by atoms with Crippen LogP contribution >= 0.6 is 11.6 Å². The number of halogens is 1. The normalized spacial score (nSPS) is 11.5.